The van der Waals surface area contributed by atoms with Gasteiger partial charge in [0.15, 0.2) is 0 Å². The molecular weight excluding hydrogens is 388 g/mol. The fraction of sp³-hybridized carbons (Fsp3) is 0.409. The Bertz CT molecular complexity index is 1040. The van der Waals surface area contributed by atoms with E-state index in [1.807, 2.05) is 36.9 Å². The lowest BCUT2D eigenvalue weighted by Crippen LogP contribution is -2.36. The molecule has 1 saturated carbocycles. The van der Waals surface area contributed by atoms with E-state index in [1.165, 1.54) is 5.56 Å². The van der Waals surface area contributed by atoms with Crippen molar-refractivity contribution in [1.82, 2.24) is 4.90 Å². The molecule has 154 valence electrons. The second-order valence-electron chi connectivity index (χ2n) is 7.76. The predicted octanol–water partition coefficient (Wildman–Crippen LogP) is 3.49. The first-order chi connectivity index (χ1) is 13.9. The highest BCUT2D eigenvalue weighted by molar-refractivity contribution is 7.92. The minimum Gasteiger partial charge on any atom is -0.492 e. The molecule has 0 radical (unpaired) electrons. The number of anilines is 1. The molecule has 0 aromatic heterocycles. The van der Waals surface area contributed by atoms with Crippen LogP contribution in [-0.2, 0) is 27.8 Å². The first-order valence-electron chi connectivity index (χ1n) is 10.0. The van der Waals surface area contributed by atoms with Gasteiger partial charge in [-0.3, -0.25) is 9.52 Å². The van der Waals surface area contributed by atoms with E-state index in [9.17, 15) is 13.2 Å². The molecule has 0 bridgehead atoms. The van der Waals surface area contributed by atoms with Gasteiger partial charge in [0.05, 0.1) is 6.61 Å². The molecule has 1 aliphatic carbocycles. The van der Waals surface area contributed by atoms with E-state index in [1.54, 1.807) is 18.2 Å². The van der Waals surface area contributed by atoms with Crippen LogP contribution in [0, 0.1) is 12.8 Å². The first kappa shape index (κ1) is 19.8. The van der Waals surface area contributed by atoms with Gasteiger partial charge >= 0.3 is 0 Å². The molecule has 1 heterocycles. The summed E-state index contributed by atoms with van der Waals surface area (Å²) in [6, 6.07) is 10.7. The smallest absolute Gasteiger partial charge is 0.265 e. The van der Waals surface area contributed by atoms with Gasteiger partial charge < -0.3 is 9.64 Å². The van der Waals surface area contributed by atoms with Crippen LogP contribution in [0.5, 0.6) is 5.75 Å². The van der Waals surface area contributed by atoms with E-state index in [4.69, 9.17) is 4.74 Å². The van der Waals surface area contributed by atoms with Crippen molar-refractivity contribution in [2.45, 2.75) is 44.6 Å². The Kier molecular flexibility index (Phi) is 5.25. The Labute approximate surface area is 171 Å². The Morgan fingerprint density at radius 2 is 1.97 bits per heavy atom. The van der Waals surface area contributed by atoms with Crippen LogP contribution in [0.2, 0.25) is 0 Å². The molecule has 1 amide bonds. The summed E-state index contributed by atoms with van der Waals surface area (Å²) in [5, 5.41) is 0. The van der Waals surface area contributed by atoms with Crippen molar-refractivity contribution in [3.05, 3.63) is 53.1 Å². The van der Waals surface area contributed by atoms with Crippen LogP contribution in [0.25, 0.3) is 0 Å². The Morgan fingerprint density at radius 1 is 1.17 bits per heavy atom. The molecule has 0 atom stereocenters. The van der Waals surface area contributed by atoms with Crippen LogP contribution in [0.3, 0.4) is 0 Å². The number of amides is 1. The number of hydrogen-bond donors (Lipinski definition) is 1. The number of hydrogen-bond acceptors (Lipinski definition) is 4. The van der Waals surface area contributed by atoms with Gasteiger partial charge in [-0.2, -0.15) is 0 Å². The molecule has 7 heteroatoms. The first-order valence-corrected chi connectivity index (χ1v) is 11.5. The van der Waals surface area contributed by atoms with E-state index in [0.29, 0.717) is 24.6 Å². The summed E-state index contributed by atoms with van der Waals surface area (Å²) in [6.07, 6.45) is 2.77. The predicted molar refractivity (Wildman–Crippen MR) is 111 cm³/mol. The van der Waals surface area contributed by atoms with Gasteiger partial charge in [0, 0.05) is 24.7 Å². The Hall–Kier alpha value is -2.54. The van der Waals surface area contributed by atoms with Gasteiger partial charge in [0.25, 0.3) is 10.0 Å². The molecule has 0 spiro atoms. The van der Waals surface area contributed by atoms with Crippen LogP contribution in [0.15, 0.2) is 41.3 Å². The fourth-order valence-corrected chi connectivity index (χ4v) is 4.99. The number of nitrogens with one attached hydrogen (secondary N) is 1. The number of aryl methyl sites for hydroxylation is 1. The Balaban J connectivity index is 1.58. The second kappa shape index (κ2) is 7.71. The van der Waals surface area contributed by atoms with Crippen LogP contribution in [0.4, 0.5) is 5.69 Å². The number of benzene rings is 2. The summed E-state index contributed by atoms with van der Waals surface area (Å²) in [5.41, 5.74) is 3.50. The second-order valence-corrected chi connectivity index (χ2v) is 9.41. The third-order valence-corrected chi connectivity index (χ3v) is 6.80. The van der Waals surface area contributed by atoms with Crippen molar-refractivity contribution < 1.29 is 17.9 Å². The van der Waals surface area contributed by atoms with Crippen LogP contribution in [0.1, 0.15) is 36.5 Å². The molecule has 29 heavy (non-hydrogen) atoms. The van der Waals surface area contributed by atoms with Gasteiger partial charge in [-0.05, 0) is 74.1 Å². The van der Waals surface area contributed by atoms with E-state index in [2.05, 4.69) is 4.72 Å². The number of nitrogens with zero attached hydrogens (tertiary/aromatic N) is 1. The van der Waals surface area contributed by atoms with Gasteiger partial charge in [0.1, 0.15) is 10.6 Å². The summed E-state index contributed by atoms with van der Waals surface area (Å²) >= 11 is 0. The summed E-state index contributed by atoms with van der Waals surface area (Å²) in [6.45, 7) is 5.32. The molecule has 2 aromatic rings. The molecule has 1 fully saturated rings. The normalized spacial score (nSPS) is 16.3. The average Bonchev–Trinajstić information content (AvgIpc) is 3.53. The minimum atomic E-state index is -3.80. The lowest BCUT2D eigenvalue weighted by molar-refractivity contribution is -0.133. The third-order valence-electron chi connectivity index (χ3n) is 5.40. The lowest BCUT2D eigenvalue weighted by Gasteiger charge is -2.29. The number of carbonyl (C=O) groups is 1. The maximum atomic E-state index is 13.0. The van der Waals surface area contributed by atoms with Gasteiger partial charge in [-0.25, -0.2) is 8.42 Å². The standard InChI is InChI=1S/C22H26N2O4S/c1-3-28-20-9-4-15(2)12-21(20)29(26,27)23-19-8-7-16-10-11-24(14-18(16)13-19)22(25)17-5-6-17/h4,7-9,12-13,17,23H,3,5-6,10-11,14H2,1-2H3. The van der Waals surface area contributed by atoms with Crippen molar-refractivity contribution in [3.8, 4) is 5.75 Å². The number of sulfonamides is 1. The van der Waals surface area contributed by atoms with Gasteiger partial charge in [-0.15, -0.1) is 0 Å². The zero-order valence-corrected chi connectivity index (χ0v) is 17.6. The quantitative estimate of drug-likeness (QED) is 0.785. The zero-order chi connectivity index (χ0) is 20.6. The third kappa shape index (κ3) is 4.24. The summed E-state index contributed by atoms with van der Waals surface area (Å²) in [7, 11) is -3.80. The van der Waals surface area contributed by atoms with Gasteiger partial charge in [0.2, 0.25) is 5.91 Å². The van der Waals surface area contributed by atoms with Crippen molar-refractivity contribution in [2.24, 2.45) is 5.92 Å². The number of ether oxygens (including phenoxy) is 1. The molecule has 1 N–H and O–H groups in total. The van der Waals surface area contributed by atoms with Crippen LogP contribution in [-0.4, -0.2) is 32.4 Å². The van der Waals surface area contributed by atoms with Crippen molar-refractivity contribution in [1.29, 1.82) is 0 Å². The zero-order valence-electron chi connectivity index (χ0n) is 16.8. The summed E-state index contributed by atoms with van der Waals surface area (Å²) in [5.74, 6) is 0.754. The van der Waals surface area contributed by atoms with E-state index >= 15 is 0 Å². The van der Waals surface area contributed by atoms with E-state index < -0.39 is 10.0 Å². The highest BCUT2D eigenvalue weighted by atomic mass is 32.2. The largest absolute Gasteiger partial charge is 0.492 e. The average molecular weight is 415 g/mol. The minimum absolute atomic E-state index is 0.127. The molecule has 2 aliphatic rings. The number of fused-ring (bicyclic) bond motifs is 1. The van der Waals surface area contributed by atoms with Crippen molar-refractivity contribution in [3.63, 3.8) is 0 Å². The fourth-order valence-electron chi connectivity index (χ4n) is 3.71. The SMILES string of the molecule is CCOc1ccc(C)cc1S(=O)(=O)Nc1ccc2c(c1)CN(C(=O)C1CC1)CC2. The maximum absolute atomic E-state index is 13.0. The maximum Gasteiger partial charge on any atom is 0.265 e. The molecule has 0 saturated heterocycles. The van der Waals surface area contributed by atoms with Crippen LogP contribution >= 0.6 is 0 Å². The topological polar surface area (TPSA) is 75.7 Å². The summed E-state index contributed by atoms with van der Waals surface area (Å²) in [4.78, 5) is 14.4. The molecule has 4 rings (SSSR count). The van der Waals surface area contributed by atoms with E-state index in [-0.39, 0.29) is 16.7 Å². The van der Waals surface area contributed by atoms with Crippen LogP contribution < -0.4 is 9.46 Å². The molecular formula is C22H26N2O4S. The number of carbonyl (C=O) groups excluding carboxylic acids is 1. The molecule has 1 aliphatic heterocycles. The monoisotopic (exact) mass is 414 g/mol. The molecule has 0 unspecified atom stereocenters. The molecule has 2 aromatic carbocycles. The van der Waals surface area contributed by atoms with Gasteiger partial charge in [-0.1, -0.05) is 12.1 Å². The Morgan fingerprint density at radius 3 is 2.69 bits per heavy atom. The summed E-state index contributed by atoms with van der Waals surface area (Å²) < 4.78 is 34.3. The van der Waals surface area contributed by atoms with E-state index in [0.717, 1.165) is 36.9 Å². The lowest BCUT2D eigenvalue weighted by atomic mass is 9.99. The number of rotatable bonds is 6. The highest BCUT2D eigenvalue weighted by Crippen LogP contribution is 2.33. The van der Waals surface area contributed by atoms with Crippen molar-refractivity contribution in [2.75, 3.05) is 17.9 Å². The highest BCUT2D eigenvalue weighted by Gasteiger charge is 2.34. The molecule has 6 nitrogen and oxygen atoms in total. The van der Waals surface area contributed by atoms with Crippen molar-refractivity contribution >= 4 is 21.6 Å².